The fourth-order valence-corrected chi connectivity index (χ4v) is 6.55. The molecule has 6 rings (SSSR count). The van der Waals surface area contributed by atoms with Crippen LogP contribution in [0.15, 0.2) is 48.8 Å². The van der Waals surface area contributed by atoms with Crippen LogP contribution < -0.4 is 30.7 Å². The number of nitrogens with one attached hydrogen (secondary N) is 4. The molecule has 4 aromatic rings. The lowest BCUT2D eigenvalue weighted by molar-refractivity contribution is -0.120. The molecule has 0 saturated carbocycles. The molecule has 2 atom stereocenters. The molecule has 0 unspecified atom stereocenters. The fraction of sp³-hybridized carbons (Fsp3) is 0.353. The standard InChI is InChI=1S/C34H36Cl2N8O4/c1-47-33-27(15-37-12-19-11-30(46)41-13-19)39-17-25(43-33)23-7-3-5-21(31(23)35)22-6-4-8-24(32(22)36)26-18-40-28(34(44-26)48-2)16-38-14-20-9-10-29(45)42-20/h3-8,17-20,37-38H,9-16H2,1-2H3,(H,41,46)(H,42,45)/t19-,20-/m0/s1. The topological polar surface area (TPSA) is 152 Å². The average Bonchev–Trinajstić information content (AvgIpc) is 3.72. The number of rotatable bonds is 13. The van der Waals surface area contributed by atoms with Crippen molar-refractivity contribution in [3.05, 3.63) is 70.2 Å². The zero-order valence-electron chi connectivity index (χ0n) is 26.6. The second kappa shape index (κ2) is 15.2. The quantitative estimate of drug-likeness (QED) is 0.161. The number of nitrogens with zero attached hydrogens (tertiary/aromatic N) is 4. The van der Waals surface area contributed by atoms with E-state index in [1.54, 1.807) is 26.6 Å². The molecule has 2 saturated heterocycles. The van der Waals surface area contributed by atoms with Crippen molar-refractivity contribution in [3.8, 4) is 45.4 Å². The lowest BCUT2D eigenvalue weighted by Gasteiger charge is -2.15. The highest BCUT2D eigenvalue weighted by molar-refractivity contribution is 6.39. The minimum Gasteiger partial charge on any atom is -0.480 e. The highest BCUT2D eigenvalue weighted by atomic mass is 35.5. The molecule has 2 aromatic carbocycles. The van der Waals surface area contributed by atoms with Crippen LogP contribution in [0.2, 0.25) is 10.0 Å². The van der Waals surface area contributed by atoms with Gasteiger partial charge in [-0.25, -0.2) is 9.97 Å². The Morgan fingerprint density at radius 1 is 0.792 bits per heavy atom. The van der Waals surface area contributed by atoms with Gasteiger partial charge in [-0.2, -0.15) is 0 Å². The highest BCUT2D eigenvalue weighted by Crippen LogP contribution is 2.42. The number of carbonyl (C=O) groups excluding carboxylic acids is 2. The molecule has 0 aliphatic carbocycles. The van der Waals surface area contributed by atoms with Crippen LogP contribution in [-0.2, 0) is 22.7 Å². The molecule has 2 aliphatic rings. The monoisotopic (exact) mass is 690 g/mol. The van der Waals surface area contributed by atoms with Crippen LogP contribution in [0.3, 0.4) is 0 Å². The average molecular weight is 692 g/mol. The Balaban J connectivity index is 1.20. The summed E-state index contributed by atoms with van der Waals surface area (Å²) < 4.78 is 11.1. The van der Waals surface area contributed by atoms with Gasteiger partial charge in [0, 0.05) is 73.9 Å². The van der Waals surface area contributed by atoms with E-state index in [0.29, 0.717) is 112 Å². The summed E-state index contributed by atoms with van der Waals surface area (Å²) in [5, 5.41) is 13.4. The second-order valence-electron chi connectivity index (χ2n) is 11.7. The molecule has 4 heterocycles. The van der Waals surface area contributed by atoms with Crippen molar-refractivity contribution in [3.63, 3.8) is 0 Å². The molecule has 0 radical (unpaired) electrons. The zero-order valence-corrected chi connectivity index (χ0v) is 28.1. The minimum atomic E-state index is 0.0799. The molecule has 0 spiro atoms. The minimum absolute atomic E-state index is 0.0799. The van der Waals surface area contributed by atoms with Crippen molar-refractivity contribution < 1.29 is 19.1 Å². The SMILES string of the molecule is COc1nc(-c2cccc(-c3cccc(-c4cnc(CNC[C@@H]5CCC(=O)N5)c(OC)n4)c3Cl)c2Cl)cnc1CNC[C@H]1CNC(=O)C1. The lowest BCUT2D eigenvalue weighted by Crippen LogP contribution is -2.35. The molecule has 0 bridgehead atoms. The molecule has 2 aliphatic heterocycles. The van der Waals surface area contributed by atoms with Gasteiger partial charge in [-0.15, -0.1) is 0 Å². The van der Waals surface area contributed by atoms with Crippen molar-refractivity contribution in [1.29, 1.82) is 0 Å². The summed E-state index contributed by atoms with van der Waals surface area (Å²) in [6, 6.07) is 11.4. The Morgan fingerprint density at radius 2 is 1.33 bits per heavy atom. The molecule has 2 amide bonds. The van der Waals surface area contributed by atoms with E-state index in [1.165, 1.54) is 0 Å². The smallest absolute Gasteiger partial charge is 0.237 e. The Hall–Kier alpha value is -4.36. The van der Waals surface area contributed by atoms with Crippen LogP contribution in [0, 0.1) is 5.92 Å². The van der Waals surface area contributed by atoms with Gasteiger partial charge in [0.25, 0.3) is 0 Å². The van der Waals surface area contributed by atoms with Gasteiger partial charge in [0.1, 0.15) is 11.4 Å². The predicted octanol–water partition coefficient (Wildman–Crippen LogP) is 4.19. The van der Waals surface area contributed by atoms with E-state index in [0.717, 1.165) is 6.42 Å². The molecule has 2 fully saturated rings. The first-order valence-corrected chi connectivity index (χ1v) is 16.5. The first-order chi connectivity index (χ1) is 23.3. The summed E-state index contributed by atoms with van der Waals surface area (Å²) in [7, 11) is 3.11. The van der Waals surface area contributed by atoms with Gasteiger partial charge < -0.3 is 30.7 Å². The number of hydrogen-bond acceptors (Lipinski definition) is 10. The molecule has 14 heteroatoms. The number of methoxy groups -OCH3 is 2. The number of aromatic nitrogens is 4. The predicted molar refractivity (Wildman–Crippen MR) is 183 cm³/mol. The Bertz CT molecular complexity index is 1690. The Morgan fingerprint density at radius 3 is 1.81 bits per heavy atom. The number of benzene rings is 2. The van der Waals surface area contributed by atoms with Crippen molar-refractivity contribution in [2.75, 3.05) is 33.9 Å². The van der Waals surface area contributed by atoms with Crippen molar-refractivity contribution in [2.24, 2.45) is 5.92 Å². The molecular formula is C34H36Cl2N8O4. The molecule has 2 aromatic heterocycles. The van der Waals surface area contributed by atoms with E-state index >= 15 is 0 Å². The zero-order chi connectivity index (χ0) is 33.6. The van der Waals surface area contributed by atoms with E-state index in [2.05, 4.69) is 31.2 Å². The van der Waals surface area contributed by atoms with E-state index < -0.39 is 0 Å². The largest absolute Gasteiger partial charge is 0.480 e. The number of ether oxygens (including phenoxy) is 2. The number of halogens is 2. The Kier molecular flexibility index (Phi) is 10.7. The number of amides is 2. The first-order valence-electron chi connectivity index (χ1n) is 15.7. The number of hydrogen-bond donors (Lipinski definition) is 4. The third-order valence-corrected chi connectivity index (χ3v) is 9.22. The first kappa shape index (κ1) is 33.5. The molecule has 48 heavy (non-hydrogen) atoms. The summed E-state index contributed by atoms with van der Waals surface area (Å²) in [6.45, 7) is 2.87. The van der Waals surface area contributed by atoms with Gasteiger partial charge >= 0.3 is 0 Å². The summed E-state index contributed by atoms with van der Waals surface area (Å²) in [4.78, 5) is 41.6. The van der Waals surface area contributed by atoms with Crippen molar-refractivity contribution >= 4 is 35.0 Å². The second-order valence-corrected chi connectivity index (χ2v) is 12.5. The van der Waals surface area contributed by atoms with Gasteiger partial charge in [-0.05, 0) is 12.3 Å². The summed E-state index contributed by atoms with van der Waals surface area (Å²) in [5.41, 5.74) is 5.18. The molecule has 250 valence electrons. The molecule has 4 N–H and O–H groups in total. The van der Waals surface area contributed by atoms with Crippen LogP contribution in [0.25, 0.3) is 33.6 Å². The normalized spacial score (nSPS) is 17.3. The summed E-state index contributed by atoms with van der Waals surface area (Å²) in [5.74, 6) is 1.18. The third-order valence-electron chi connectivity index (χ3n) is 8.40. The maximum atomic E-state index is 11.5. The van der Waals surface area contributed by atoms with Crippen molar-refractivity contribution in [2.45, 2.75) is 38.4 Å². The number of carbonyl (C=O) groups is 2. The molecular weight excluding hydrogens is 655 g/mol. The van der Waals surface area contributed by atoms with Gasteiger partial charge in [0.15, 0.2) is 0 Å². The van der Waals surface area contributed by atoms with Gasteiger partial charge in [-0.1, -0.05) is 59.6 Å². The lowest BCUT2D eigenvalue weighted by atomic mass is 9.98. The van der Waals surface area contributed by atoms with Gasteiger partial charge in [0.2, 0.25) is 23.6 Å². The third kappa shape index (κ3) is 7.52. The van der Waals surface area contributed by atoms with E-state index in [-0.39, 0.29) is 23.8 Å². The van der Waals surface area contributed by atoms with Crippen LogP contribution in [0.5, 0.6) is 11.8 Å². The Labute approximate surface area is 288 Å². The van der Waals surface area contributed by atoms with Crippen LogP contribution in [0.1, 0.15) is 30.7 Å². The maximum absolute atomic E-state index is 11.5. The van der Waals surface area contributed by atoms with Gasteiger partial charge in [-0.3, -0.25) is 19.6 Å². The van der Waals surface area contributed by atoms with E-state index in [4.69, 9.17) is 42.6 Å². The summed E-state index contributed by atoms with van der Waals surface area (Å²) >= 11 is 14.1. The summed E-state index contributed by atoms with van der Waals surface area (Å²) in [6.07, 6.45) is 5.23. The van der Waals surface area contributed by atoms with Crippen LogP contribution >= 0.6 is 23.2 Å². The van der Waals surface area contributed by atoms with Crippen molar-refractivity contribution in [1.82, 2.24) is 41.2 Å². The van der Waals surface area contributed by atoms with Crippen LogP contribution in [0.4, 0.5) is 0 Å². The van der Waals surface area contributed by atoms with E-state index in [1.807, 2.05) is 36.4 Å². The van der Waals surface area contributed by atoms with Crippen LogP contribution in [-0.4, -0.2) is 71.6 Å². The fourth-order valence-electron chi connectivity index (χ4n) is 5.90. The van der Waals surface area contributed by atoms with E-state index in [9.17, 15) is 9.59 Å². The van der Waals surface area contributed by atoms with Gasteiger partial charge in [0.05, 0.1) is 48.0 Å². The highest BCUT2D eigenvalue weighted by Gasteiger charge is 2.23. The maximum Gasteiger partial charge on any atom is 0.237 e. The molecule has 12 nitrogen and oxygen atoms in total.